The van der Waals surface area contributed by atoms with E-state index in [9.17, 15) is 0 Å². The molecular formula is C18H24N4S. The van der Waals surface area contributed by atoms with E-state index in [1.165, 1.54) is 17.5 Å². The number of aliphatic imine (C=N–C) groups is 1. The van der Waals surface area contributed by atoms with Gasteiger partial charge in [-0.1, -0.05) is 30.3 Å². The van der Waals surface area contributed by atoms with Gasteiger partial charge in [0.05, 0.1) is 6.54 Å². The van der Waals surface area contributed by atoms with Crippen LogP contribution < -0.4 is 11.1 Å². The topological polar surface area (TPSA) is 53.6 Å². The highest BCUT2D eigenvalue weighted by Crippen LogP contribution is 2.23. The summed E-state index contributed by atoms with van der Waals surface area (Å²) in [6, 6.07) is 12.7. The SMILES string of the molecule is NC(=NCCN1CCc2sccc2C1)NCCc1ccccc1. The molecule has 0 saturated carbocycles. The molecule has 0 radical (unpaired) electrons. The zero-order valence-corrected chi connectivity index (χ0v) is 14.2. The molecule has 3 rings (SSSR count). The molecule has 1 aromatic heterocycles. The number of guanidine groups is 1. The quantitative estimate of drug-likeness (QED) is 0.632. The Bertz CT molecular complexity index is 635. The summed E-state index contributed by atoms with van der Waals surface area (Å²) in [6.07, 6.45) is 2.13. The second-order valence-electron chi connectivity index (χ2n) is 5.82. The van der Waals surface area contributed by atoms with Gasteiger partial charge in [-0.3, -0.25) is 9.89 Å². The molecule has 5 heteroatoms. The molecule has 0 unspecified atom stereocenters. The minimum atomic E-state index is 0.550. The smallest absolute Gasteiger partial charge is 0.188 e. The number of hydrogen-bond acceptors (Lipinski definition) is 3. The molecule has 0 bridgehead atoms. The van der Waals surface area contributed by atoms with Crippen molar-refractivity contribution < 1.29 is 0 Å². The largest absolute Gasteiger partial charge is 0.370 e. The van der Waals surface area contributed by atoms with Crippen LogP contribution in [-0.4, -0.2) is 37.0 Å². The summed E-state index contributed by atoms with van der Waals surface area (Å²) >= 11 is 1.88. The molecule has 0 aliphatic carbocycles. The van der Waals surface area contributed by atoms with E-state index >= 15 is 0 Å². The molecule has 1 aliphatic rings. The van der Waals surface area contributed by atoms with Gasteiger partial charge in [0.2, 0.25) is 0 Å². The van der Waals surface area contributed by atoms with E-state index in [4.69, 9.17) is 5.73 Å². The first kappa shape index (κ1) is 16.0. The molecular weight excluding hydrogens is 304 g/mol. The lowest BCUT2D eigenvalue weighted by atomic mass is 10.1. The van der Waals surface area contributed by atoms with Gasteiger partial charge in [-0.05, 0) is 35.4 Å². The highest BCUT2D eigenvalue weighted by atomic mass is 32.1. The monoisotopic (exact) mass is 328 g/mol. The maximum Gasteiger partial charge on any atom is 0.188 e. The molecule has 3 N–H and O–H groups in total. The van der Waals surface area contributed by atoms with Gasteiger partial charge in [0.25, 0.3) is 0 Å². The summed E-state index contributed by atoms with van der Waals surface area (Å²) in [4.78, 5) is 8.44. The van der Waals surface area contributed by atoms with Crippen LogP contribution in [-0.2, 0) is 19.4 Å². The average Bonchev–Trinajstić information content (AvgIpc) is 3.03. The highest BCUT2D eigenvalue weighted by molar-refractivity contribution is 7.10. The first-order chi connectivity index (χ1) is 11.3. The number of nitrogens with two attached hydrogens (primary N) is 1. The Kier molecular flexibility index (Phi) is 5.66. The van der Waals surface area contributed by atoms with Gasteiger partial charge in [-0.2, -0.15) is 0 Å². The minimum absolute atomic E-state index is 0.550. The Morgan fingerprint density at radius 2 is 2.13 bits per heavy atom. The maximum absolute atomic E-state index is 5.94. The standard InChI is InChI=1S/C18H24N4S/c19-18(20-9-6-15-4-2-1-3-5-15)21-10-12-22-11-7-17-16(14-22)8-13-23-17/h1-5,8,13H,6-7,9-12,14H2,(H3,19,20,21). The van der Waals surface area contributed by atoms with Gasteiger partial charge < -0.3 is 11.1 Å². The van der Waals surface area contributed by atoms with Gasteiger partial charge in [0, 0.05) is 31.1 Å². The fraction of sp³-hybridized carbons (Fsp3) is 0.389. The van der Waals surface area contributed by atoms with Crippen molar-refractivity contribution in [1.29, 1.82) is 0 Å². The van der Waals surface area contributed by atoms with Gasteiger partial charge in [-0.15, -0.1) is 11.3 Å². The lowest BCUT2D eigenvalue weighted by Gasteiger charge is -2.26. The van der Waals surface area contributed by atoms with E-state index in [0.717, 1.165) is 39.1 Å². The Morgan fingerprint density at radius 1 is 1.26 bits per heavy atom. The van der Waals surface area contributed by atoms with E-state index in [1.54, 1.807) is 4.88 Å². The van der Waals surface area contributed by atoms with Crippen LogP contribution in [0.1, 0.15) is 16.0 Å². The third kappa shape index (κ3) is 4.81. The number of fused-ring (bicyclic) bond motifs is 1. The average molecular weight is 328 g/mol. The van der Waals surface area contributed by atoms with Gasteiger partial charge in [-0.25, -0.2) is 0 Å². The third-order valence-electron chi connectivity index (χ3n) is 4.15. The van der Waals surface area contributed by atoms with Crippen molar-refractivity contribution in [2.75, 3.05) is 26.2 Å². The number of benzene rings is 1. The molecule has 1 aliphatic heterocycles. The van der Waals surface area contributed by atoms with Crippen LogP contribution in [0, 0.1) is 0 Å². The molecule has 0 atom stereocenters. The van der Waals surface area contributed by atoms with E-state index in [1.807, 2.05) is 17.4 Å². The summed E-state index contributed by atoms with van der Waals surface area (Å²) in [5.74, 6) is 0.550. The number of nitrogens with one attached hydrogen (secondary N) is 1. The van der Waals surface area contributed by atoms with Crippen LogP contribution in [0.25, 0.3) is 0 Å². The lowest BCUT2D eigenvalue weighted by Crippen LogP contribution is -2.35. The predicted octanol–water partition coefficient (Wildman–Crippen LogP) is 2.25. The Morgan fingerprint density at radius 3 is 3.00 bits per heavy atom. The van der Waals surface area contributed by atoms with Gasteiger partial charge in [0.1, 0.15) is 0 Å². The number of hydrogen-bond donors (Lipinski definition) is 2. The molecule has 4 nitrogen and oxygen atoms in total. The van der Waals surface area contributed by atoms with Crippen LogP contribution in [0.3, 0.4) is 0 Å². The van der Waals surface area contributed by atoms with Crippen molar-refractivity contribution >= 4 is 17.3 Å². The summed E-state index contributed by atoms with van der Waals surface area (Å²) in [5.41, 5.74) is 8.73. The molecule has 0 spiro atoms. The molecule has 2 aromatic rings. The summed E-state index contributed by atoms with van der Waals surface area (Å²) in [6.45, 7) is 4.72. The van der Waals surface area contributed by atoms with Gasteiger partial charge >= 0.3 is 0 Å². The fourth-order valence-electron chi connectivity index (χ4n) is 2.85. The normalized spacial score (nSPS) is 15.4. The van der Waals surface area contributed by atoms with Crippen molar-refractivity contribution in [3.8, 4) is 0 Å². The molecule has 2 heterocycles. The molecule has 122 valence electrons. The number of thiophene rings is 1. The van der Waals surface area contributed by atoms with Crippen molar-refractivity contribution in [3.05, 3.63) is 57.8 Å². The van der Waals surface area contributed by atoms with Crippen LogP contribution >= 0.6 is 11.3 Å². The van der Waals surface area contributed by atoms with Crippen molar-refractivity contribution in [1.82, 2.24) is 10.2 Å². The Balaban J connectivity index is 1.35. The van der Waals surface area contributed by atoms with Crippen LogP contribution in [0.5, 0.6) is 0 Å². The summed E-state index contributed by atoms with van der Waals surface area (Å²) in [7, 11) is 0. The Hall–Kier alpha value is -1.85. The number of rotatable bonds is 6. The van der Waals surface area contributed by atoms with Crippen LogP contribution in [0.2, 0.25) is 0 Å². The zero-order valence-electron chi connectivity index (χ0n) is 13.4. The van der Waals surface area contributed by atoms with E-state index < -0.39 is 0 Å². The second-order valence-corrected chi connectivity index (χ2v) is 6.83. The molecule has 0 saturated heterocycles. The summed E-state index contributed by atoms with van der Waals surface area (Å²) < 4.78 is 0. The Labute approximate surface area is 142 Å². The number of nitrogens with zero attached hydrogens (tertiary/aromatic N) is 2. The minimum Gasteiger partial charge on any atom is -0.370 e. The first-order valence-corrected chi connectivity index (χ1v) is 9.04. The van der Waals surface area contributed by atoms with Gasteiger partial charge in [0.15, 0.2) is 5.96 Å². The van der Waals surface area contributed by atoms with E-state index in [2.05, 4.69) is 50.9 Å². The van der Waals surface area contributed by atoms with Crippen molar-refractivity contribution in [3.63, 3.8) is 0 Å². The second kappa shape index (κ2) is 8.13. The van der Waals surface area contributed by atoms with Crippen molar-refractivity contribution in [2.24, 2.45) is 10.7 Å². The lowest BCUT2D eigenvalue weighted by molar-refractivity contribution is 0.263. The highest BCUT2D eigenvalue weighted by Gasteiger charge is 2.16. The molecule has 1 aromatic carbocycles. The molecule has 0 fully saturated rings. The maximum atomic E-state index is 5.94. The van der Waals surface area contributed by atoms with Crippen molar-refractivity contribution in [2.45, 2.75) is 19.4 Å². The molecule has 23 heavy (non-hydrogen) atoms. The third-order valence-corrected chi connectivity index (χ3v) is 5.17. The molecule has 0 amide bonds. The first-order valence-electron chi connectivity index (χ1n) is 8.16. The van der Waals surface area contributed by atoms with E-state index in [-0.39, 0.29) is 0 Å². The predicted molar refractivity (Wildman–Crippen MR) is 97.9 cm³/mol. The van der Waals surface area contributed by atoms with Crippen LogP contribution in [0.15, 0.2) is 46.8 Å². The fourth-order valence-corrected chi connectivity index (χ4v) is 3.73. The summed E-state index contributed by atoms with van der Waals surface area (Å²) in [5, 5.41) is 5.39. The zero-order chi connectivity index (χ0) is 15.9. The van der Waals surface area contributed by atoms with Crippen LogP contribution in [0.4, 0.5) is 0 Å². The van der Waals surface area contributed by atoms with E-state index in [0.29, 0.717) is 5.96 Å².